The second kappa shape index (κ2) is 7.07. The van der Waals surface area contributed by atoms with Gasteiger partial charge in [-0.1, -0.05) is 23.4 Å². The molecule has 2 aromatic rings. The molecule has 7 nitrogen and oxygen atoms in total. The number of imide groups is 1. The topological polar surface area (TPSA) is 77.4 Å². The Labute approximate surface area is 192 Å². The first kappa shape index (κ1) is 20.3. The molecule has 6 atom stereocenters. The highest BCUT2D eigenvalue weighted by atomic mass is 16.6. The van der Waals surface area contributed by atoms with Crippen LogP contribution in [0.25, 0.3) is 0 Å². The fourth-order valence-electron chi connectivity index (χ4n) is 6.74. The van der Waals surface area contributed by atoms with Gasteiger partial charge in [-0.3, -0.25) is 9.59 Å². The number of amides is 2. The van der Waals surface area contributed by atoms with Crippen LogP contribution in [0.4, 0.5) is 5.69 Å². The summed E-state index contributed by atoms with van der Waals surface area (Å²) < 4.78 is 10.9. The number of oxime groups is 1. The highest BCUT2D eigenvalue weighted by molar-refractivity contribution is 6.23. The van der Waals surface area contributed by atoms with E-state index in [2.05, 4.69) is 5.16 Å². The van der Waals surface area contributed by atoms with Gasteiger partial charge >= 0.3 is 0 Å². The van der Waals surface area contributed by atoms with E-state index in [1.54, 1.807) is 14.2 Å². The van der Waals surface area contributed by atoms with Crippen molar-refractivity contribution in [3.05, 3.63) is 53.1 Å². The highest BCUT2D eigenvalue weighted by Gasteiger charge is 2.70. The van der Waals surface area contributed by atoms with E-state index in [1.807, 2.05) is 50.2 Å². The first-order chi connectivity index (χ1) is 16.0. The molecule has 0 aromatic heterocycles. The van der Waals surface area contributed by atoms with Crippen LogP contribution in [0.2, 0.25) is 0 Å². The highest BCUT2D eigenvalue weighted by Crippen LogP contribution is 2.62. The van der Waals surface area contributed by atoms with Crippen LogP contribution in [-0.2, 0) is 14.4 Å². The normalized spacial score (nSPS) is 31.4. The van der Waals surface area contributed by atoms with E-state index in [0.29, 0.717) is 11.5 Å². The van der Waals surface area contributed by atoms with Crippen LogP contribution in [0.1, 0.15) is 23.1 Å². The predicted molar refractivity (Wildman–Crippen MR) is 121 cm³/mol. The van der Waals surface area contributed by atoms with Gasteiger partial charge in [0.1, 0.15) is 17.6 Å². The molecular weight excluding hydrogens is 420 g/mol. The number of hydrogen-bond donors (Lipinski definition) is 0. The second-order valence-electron chi connectivity index (χ2n) is 9.51. The van der Waals surface area contributed by atoms with Gasteiger partial charge < -0.3 is 14.3 Å². The monoisotopic (exact) mass is 446 g/mol. The molecule has 33 heavy (non-hydrogen) atoms. The van der Waals surface area contributed by atoms with Crippen molar-refractivity contribution in [1.82, 2.24) is 0 Å². The van der Waals surface area contributed by atoms with Crippen LogP contribution in [0.5, 0.6) is 11.5 Å². The van der Waals surface area contributed by atoms with Gasteiger partial charge in [0.25, 0.3) is 0 Å². The van der Waals surface area contributed by atoms with Crippen molar-refractivity contribution < 1.29 is 23.9 Å². The molecule has 0 spiro atoms. The molecule has 1 saturated heterocycles. The van der Waals surface area contributed by atoms with Crippen molar-refractivity contribution in [3.8, 4) is 11.5 Å². The SMILES string of the molecule is COc1ccc(C2=NO[C@@H]3[C@H]4C[C@H]([C@@H]23)[C@H]2C(=O)N(c3c(C)cccc3C)C(=O)[C@@H]42)c(OC)c1. The van der Waals surface area contributed by atoms with E-state index < -0.39 is 0 Å². The summed E-state index contributed by atoms with van der Waals surface area (Å²) in [5, 5.41) is 4.44. The smallest absolute Gasteiger partial charge is 0.238 e. The third kappa shape index (κ3) is 2.59. The van der Waals surface area contributed by atoms with Crippen LogP contribution in [0.15, 0.2) is 41.6 Å². The largest absolute Gasteiger partial charge is 0.497 e. The van der Waals surface area contributed by atoms with Crippen molar-refractivity contribution in [3.63, 3.8) is 0 Å². The molecule has 2 saturated carbocycles. The first-order valence-corrected chi connectivity index (χ1v) is 11.4. The Hall–Kier alpha value is -3.35. The second-order valence-corrected chi connectivity index (χ2v) is 9.51. The number of aryl methyl sites for hydroxylation is 2. The molecule has 7 heteroatoms. The number of fused-ring (bicyclic) bond motifs is 8. The lowest BCUT2D eigenvalue weighted by molar-refractivity contribution is -0.125. The molecule has 2 amide bonds. The molecule has 2 bridgehead atoms. The number of methoxy groups -OCH3 is 2. The van der Waals surface area contributed by atoms with Gasteiger partial charge in [0.2, 0.25) is 11.8 Å². The summed E-state index contributed by atoms with van der Waals surface area (Å²) in [6.45, 7) is 3.90. The van der Waals surface area contributed by atoms with Gasteiger partial charge in [-0.25, -0.2) is 4.90 Å². The van der Waals surface area contributed by atoms with Gasteiger partial charge in [0.05, 0.1) is 37.5 Å². The minimum atomic E-state index is -0.338. The summed E-state index contributed by atoms with van der Waals surface area (Å²) in [7, 11) is 3.23. The van der Waals surface area contributed by atoms with Gasteiger partial charge in [-0.2, -0.15) is 0 Å². The van der Waals surface area contributed by atoms with E-state index in [1.165, 1.54) is 4.90 Å². The van der Waals surface area contributed by atoms with Gasteiger partial charge in [-0.05, 0) is 49.4 Å². The van der Waals surface area contributed by atoms with E-state index in [9.17, 15) is 9.59 Å². The predicted octanol–water partition coefficient (Wildman–Crippen LogP) is 3.50. The maximum Gasteiger partial charge on any atom is 0.238 e. The quantitative estimate of drug-likeness (QED) is 0.672. The Morgan fingerprint density at radius 1 is 0.939 bits per heavy atom. The number of anilines is 1. The van der Waals surface area contributed by atoms with Crippen molar-refractivity contribution in [2.24, 2.45) is 34.7 Å². The van der Waals surface area contributed by atoms with E-state index in [4.69, 9.17) is 14.3 Å². The lowest BCUT2D eigenvalue weighted by Crippen LogP contribution is -2.41. The number of carbonyl (C=O) groups excluding carboxylic acids is 2. The minimum absolute atomic E-state index is 0.0127. The molecular formula is C26H26N2O5. The first-order valence-electron chi connectivity index (χ1n) is 11.4. The molecule has 0 N–H and O–H groups in total. The number of nitrogens with zero attached hydrogens (tertiary/aromatic N) is 2. The van der Waals surface area contributed by atoms with Crippen molar-refractivity contribution >= 4 is 23.2 Å². The third-order valence-electron chi connectivity index (χ3n) is 8.04. The Balaban J connectivity index is 1.37. The number of hydrogen-bond acceptors (Lipinski definition) is 6. The Kier molecular flexibility index (Phi) is 4.34. The van der Waals surface area contributed by atoms with Crippen molar-refractivity contribution in [1.29, 1.82) is 0 Å². The summed E-state index contributed by atoms with van der Waals surface area (Å²) in [5.41, 5.74) is 4.25. The summed E-state index contributed by atoms with van der Waals surface area (Å²) >= 11 is 0. The maximum atomic E-state index is 13.7. The van der Waals surface area contributed by atoms with Crippen LogP contribution < -0.4 is 14.4 Å². The zero-order valence-electron chi connectivity index (χ0n) is 19.1. The Morgan fingerprint density at radius 3 is 2.30 bits per heavy atom. The molecule has 2 aromatic carbocycles. The van der Waals surface area contributed by atoms with Crippen molar-refractivity contribution in [2.45, 2.75) is 26.4 Å². The average Bonchev–Trinajstić information content (AvgIpc) is 3.55. The molecule has 3 fully saturated rings. The Morgan fingerprint density at radius 2 is 1.64 bits per heavy atom. The Bertz CT molecular complexity index is 1200. The number of benzene rings is 2. The van der Waals surface area contributed by atoms with Gasteiger partial charge in [-0.15, -0.1) is 0 Å². The summed E-state index contributed by atoms with van der Waals surface area (Å²) in [4.78, 5) is 34.7. The number of ether oxygens (including phenoxy) is 2. The zero-order chi connectivity index (χ0) is 23.0. The third-order valence-corrected chi connectivity index (χ3v) is 8.04. The van der Waals surface area contributed by atoms with Crippen LogP contribution >= 0.6 is 0 Å². The number of carbonyl (C=O) groups is 2. The van der Waals surface area contributed by atoms with Crippen LogP contribution in [0, 0.1) is 43.4 Å². The van der Waals surface area contributed by atoms with E-state index >= 15 is 0 Å². The van der Waals surface area contributed by atoms with Crippen LogP contribution in [-0.4, -0.2) is 37.8 Å². The fourth-order valence-corrected chi connectivity index (χ4v) is 6.74. The van der Waals surface area contributed by atoms with Crippen molar-refractivity contribution in [2.75, 3.05) is 19.1 Å². The van der Waals surface area contributed by atoms with Crippen LogP contribution in [0.3, 0.4) is 0 Å². The van der Waals surface area contributed by atoms with Gasteiger partial charge in [0.15, 0.2) is 0 Å². The lowest BCUT2D eigenvalue weighted by Gasteiger charge is -2.30. The molecule has 170 valence electrons. The van der Waals surface area contributed by atoms with E-state index in [0.717, 1.165) is 34.5 Å². The summed E-state index contributed by atoms with van der Waals surface area (Å²) in [5.74, 6) is 0.476. The molecule has 0 unspecified atom stereocenters. The van der Waals surface area contributed by atoms with E-state index in [-0.39, 0.29) is 47.5 Å². The summed E-state index contributed by atoms with van der Waals surface area (Å²) in [6.07, 6.45) is 0.618. The standard InChI is InChI=1S/C26H26N2O5/c1-12-6-5-7-13(2)23(12)28-25(29)19-16-11-17(20(19)26(28)30)24-21(16)22(27-33-24)15-9-8-14(31-3)10-18(15)32-4/h5-10,16-17,19-21,24H,11H2,1-4H3/t16-,17-,19+,20-,21-,24+/m0/s1. The average molecular weight is 447 g/mol. The molecule has 6 rings (SSSR count). The fraction of sp³-hybridized carbons (Fsp3) is 0.423. The van der Waals surface area contributed by atoms with Gasteiger partial charge in [0, 0.05) is 23.5 Å². The minimum Gasteiger partial charge on any atom is -0.497 e. The number of rotatable bonds is 4. The molecule has 2 aliphatic carbocycles. The molecule has 0 radical (unpaired) electrons. The summed E-state index contributed by atoms with van der Waals surface area (Å²) in [6, 6.07) is 11.5. The molecule has 2 aliphatic heterocycles. The maximum absolute atomic E-state index is 13.7. The number of para-hydroxylation sites is 1. The molecule has 4 aliphatic rings. The zero-order valence-corrected chi connectivity index (χ0v) is 19.1. The molecule has 2 heterocycles. The lowest BCUT2D eigenvalue weighted by atomic mass is 9.71.